The van der Waals surface area contributed by atoms with E-state index in [9.17, 15) is 9.59 Å². The number of carbonyl (C=O) groups is 2. The molecule has 0 spiro atoms. The van der Waals surface area contributed by atoms with Crippen LogP contribution in [0.15, 0.2) is 79.1 Å². The van der Waals surface area contributed by atoms with Crippen molar-refractivity contribution in [2.75, 3.05) is 7.11 Å². The van der Waals surface area contributed by atoms with Gasteiger partial charge in [0.2, 0.25) is 11.8 Å². The molecule has 2 unspecified atom stereocenters. The quantitative estimate of drug-likeness (QED) is 0.525. The zero-order valence-electron chi connectivity index (χ0n) is 18.8. The molecule has 2 amide bonds. The fourth-order valence-electron chi connectivity index (χ4n) is 4.46. The minimum atomic E-state index is -0.415. The van der Waals surface area contributed by atoms with Crippen LogP contribution < -0.4 is 15.4 Å². The Kier molecular flexibility index (Phi) is 7.03. The average Bonchev–Trinajstić information content (AvgIpc) is 3.23. The van der Waals surface area contributed by atoms with Crippen molar-refractivity contribution in [2.24, 2.45) is 0 Å². The Hall–Kier alpha value is -3.67. The van der Waals surface area contributed by atoms with Crippen LogP contribution in [0.3, 0.4) is 0 Å². The predicted molar refractivity (Wildman–Crippen MR) is 127 cm³/mol. The molecule has 1 fully saturated rings. The number of benzene rings is 2. The molecule has 6 nitrogen and oxygen atoms in total. The van der Waals surface area contributed by atoms with E-state index in [2.05, 4.69) is 15.6 Å². The molecule has 1 aromatic heterocycles. The Morgan fingerprint density at radius 2 is 1.76 bits per heavy atom. The first-order valence-electron chi connectivity index (χ1n) is 11.3. The number of hydrogen-bond acceptors (Lipinski definition) is 4. The zero-order valence-corrected chi connectivity index (χ0v) is 18.8. The standard InChI is InChI=1S/C27H29N3O3/c1-33-23-9-7-20(8-10-23)19-27(16-12-25(32)30-27)15-11-24(31)29-26(21-5-3-2-4-6-21)22-13-17-28-18-14-22/h2-10,13-14,17-18,26H,11-12,15-16,19H2,1H3,(H,29,31)(H,30,32). The van der Waals surface area contributed by atoms with Crippen molar-refractivity contribution in [2.45, 2.75) is 43.7 Å². The third-order valence-electron chi connectivity index (χ3n) is 6.25. The monoisotopic (exact) mass is 443 g/mol. The van der Waals surface area contributed by atoms with E-state index >= 15 is 0 Å². The van der Waals surface area contributed by atoms with Crippen molar-refractivity contribution >= 4 is 11.8 Å². The molecule has 170 valence electrons. The first kappa shape index (κ1) is 22.5. The van der Waals surface area contributed by atoms with Crippen LogP contribution >= 0.6 is 0 Å². The zero-order chi connectivity index (χ0) is 23.1. The van der Waals surface area contributed by atoms with Crippen molar-refractivity contribution in [1.29, 1.82) is 0 Å². The second kappa shape index (κ2) is 10.3. The van der Waals surface area contributed by atoms with Gasteiger partial charge in [-0.1, -0.05) is 42.5 Å². The van der Waals surface area contributed by atoms with Crippen LogP contribution in [0.25, 0.3) is 0 Å². The highest BCUT2D eigenvalue weighted by atomic mass is 16.5. The van der Waals surface area contributed by atoms with E-state index in [0.29, 0.717) is 25.7 Å². The van der Waals surface area contributed by atoms with Gasteiger partial charge >= 0.3 is 0 Å². The summed E-state index contributed by atoms with van der Waals surface area (Å²) in [6, 6.07) is 21.4. The van der Waals surface area contributed by atoms with E-state index in [0.717, 1.165) is 28.9 Å². The predicted octanol–water partition coefficient (Wildman–Crippen LogP) is 3.97. The molecular formula is C27H29N3O3. The van der Waals surface area contributed by atoms with Crippen LogP contribution in [0.2, 0.25) is 0 Å². The smallest absolute Gasteiger partial charge is 0.220 e. The Morgan fingerprint density at radius 1 is 1.06 bits per heavy atom. The highest BCUT2D eigenvalue weighted by Crippen LogP contribution is 2.30. The van der Waals surface area contributed by atoms with Gasteiger partial charge in [-0.05, 0) is 60.2 Å². The topological polar surface area (TPSA) is 80.3 Å². The molecule has 33 heavy (non-hydrogen) atoms. The van der Waals surface area contributed by atoms with E-state index in [4.69, 9.17) is 4.74 Å². The number of aromatic nitrogens is 1. The molecule has 2 heterocycles. The lowest BCUT2D eigenvalue weighted by molar-refractivity contribution is -0.123. The maximum absolute atomic E-state index is 13.1. The number of carbonyl (C=O) groups excluding carboxylic acids is 2. The lowest BCUT2D eigenvalue weighted by atomic mass is 9.85. The highest BCUT2D eigenvalue weighted by Gasteiger charge is 2.38. The summed E-state index contributed by atoms with van der Waals surface area (Å²) >= 11 is 0. The van der Waals surface area contributed by atoms with Crippen molar-refractivity contribution in [3.8, 4) is 5.75 Å². The van der Waals surface area contributed by atoms with Gasteiger partial charge in [-0.25, -0.2) is 0 Å². The summed E-state index contributed by atoms with van der Waals surface area (Å²) in [7, 11) is 1.64. The summed E-state index contributed by atoms with van der Waals surface area (Å²) in [5.74, 6) is 0.796. The summed E-state index contributed by atoms with van der Waals surface area (Å²) in [5, 5.41) is 6.34. The van der Waals surface area contributed by atoms with Gasteiger partial charge in [-0.2, -0.15) is 0 Å². The molecule has 2 N–H and O–H groups in total. The molecule has 6 heteroatoms. The summed E-state index contributed by atoms with van der Waals surface area (Å²) in [5.41, 5.74) is 2.69. The van der Waals surface area contributed by atoms with Crippen LogP contribution in [-0.4, -0.2) is 29.4 Å². The molecule has 1 aliphatic rings. The highest BCUT2D eigenvalue weighted by molar-refractivity contribution is 5.80. The van der Waals surface area contributed by atoms with Crippen LogP contribution in [0.5, 0.6) is 5.75 Å². The average molecular weight is 444 g/mol. The number of rotatable bonds is 9. The second-order valence-electron chi connectivity index (χ2n) is 8.55. The Bertz CT molecular complexity index is 1030. The molecule has 0 saturated carbocycles. The SMILES string of the molecule is COc1ccc(CC2(CCC(=O)NC(c3ccccc3)c3ccncc3)CCC(=O)N2)cc1. The third-order valence-corrected chi connectivity index (χ3v) is 6.25. The molecule has 1 aliphatic heterocycles. The van der Waals surface area contributed by atoms with Crippen molar-refractivity contribution in [3.63, 3.8) is 0 Å². The van der Waals surface area contributed by atoms with Gasteiger partial charge in [0.05, 0.1) is 13.2 Å². The van der Waals surface area contributed by atoms with Crippen LogP contribution in [-0.2, 0) is 16.0 Å². The minimum absolute atomic E-state index is 0.0443. The fourth-order valence-corrected chi connectivity index (χ4v) is 4.46. The fraction of sp³-hybridized carbons (Fsp3) is 0.296. The molecule has 2 aromatic carbocycles. The van der Waals surface area contributed by atoms with E-state index < -0.39 is 5.54 Å². The Morgan fingerprint density at radius 3 is 2.39 bits per heavy atom. The van der Waals surface area contributed by atoms with Gasteiger partial charge in [-0.15, -0.1) is 0 Å². The lowest BCUT2D eigenvalue weighted by Crippen LogP contribution is -2.44. The first-order valence-corrected chi connectivity index (χ1v) is 11.3. The van der Waals surface area contributed by atoms with Gasteiger partial charge in [0, 0.05) is 30.8 Å². The number of amides is 2. The Labute approximate surface area is 194 Å². The van der Waals surface area contributed by atoms with Crippen LogP contribution in [0.4, 0.5) is 0 Å². The van der Waals surface area contributed by atoms with Gasteiger partial charge in [-0.3, -0.25) is 14.6 Å². The largest absolute Gasteiger partial charge is 0.497 e. The molecule has 4 rings (SSSR count). The van der Waals surface area contributed by atoms with Crippen molar-refractivity contribution in [3.05, 3.63) is 95.8 Å². The van der Waals surface area contributed by atoms with Crippen molar-refractivity contribution < 1.29 is 14.3 Å². The molecule has 1 saturated heterocycles. The lowest BCUT2D eigenvalue weighted by Gasteiger charge is -2.30. The third kappa shape index (κ3) is 5.77. The van der Waals surface area contributed by atoms with E-state index in [1.54, 1.807) is 19.5 Å². The van der Waals surface area contributed by atoms with Crippen molar-refractivity contribution in [1.82, 2.24) is 15.6 Å². The van der Waals surface area contributed by atoms with Gasteiger partial charge in [0.15, 0.2) is 0 Å². The molecule has 3 aromatic rings. The maximum Gasteiger partial charge on any atom is 0.220 e. The molecule has 0 radical (unpaired) electrons. The molecule has 2 atom stereocenters. The number of hydrogen-bond donors (Lipinski definition) is 2. The van der Waals surface area contributed by atoms with Crippen LogP contribution in [0.1, 0.15) is 48.4 Å². The summed E-state index contributed by atoms with van der Waals surface area (Å²) < 4.78 is 5.24. The number of methoxy groups -OCH3 is 1. The molecule has 0 aliphatic carbocycles. The summed E-state index contributed by atoms with van der Waals surface area (Å²) in [6.45, 7) is 0. The van der Waals surface area contributed by atoms with Gasteiger partial charge in [0.25, 0.3) is 0 Å². The van der Waals surface area contributed by atoms with Gasteiger partial charge < -0.3 is 15.4 Å². The number of ether oxygens (including phenoxy) is 1. The van der Waals surface area contributed by atoms with Gasteiger partial charge in [0.1, 0.15) is 5.75 Å². The second-order valence-corrected chi connectivity index (χ2v) is 8.55. The number of nitrogens with zero attached hydrogens (tertiary/aromatic N) is 1. The molecular weight excluding hydrogens is 414 g/mol. The number of nitrogens with one attached hydrogen (secondary N) is 2. The minimum Gasteiger partial charge on any atom is -0.497 e. The van der Waals surface area contributed by atoms with E-state index in [1.165, 1.54) is 0 Å². The normalized spacial score (nSPS) is 18.4. The maximum atomic E-state index is 13.1. The summed E-state index contributed by atoms with van der Waals surface area (Å²) in [4.78, 5) is 29.3. The van der Waals surface area contributed by atoms with E-state index in [1.807, 2.05) is 66.7 Å². The Balaban J connectivity index is 1.45. The molecule has 0 bridgehead atoms. The number of pyridine rings is 1. The summed E-state index contributed by atoms with van der Waals surface area (Å²) in [6.07, 6.45) is 6.26. The van der Waals surface area contributed by atoms with Crippen LogP contribution in [0, 0.1) is 0 Å². The first-order chi connectivity index (χ1) is 16.1. The van der Waals surface area contributed by atoms with E-state index in [-0.39, 0.29) is 17.9 Å².